The third-order valence-electron chi connectivity index (χ3n) is 3.23. The molecule has 1 saturated heterocycles. The molecule has 2 aromatic rings. The zero-order valence-electron chi connectivity index (χ0n) is 10.9. The zero-order valence-corrected chi connectivity index (χ0v) is 10.9. The summed E-state index contributed by atoms with van der Waals surface area (Å²) in [6.07, 6.45) is 3.63. The third kappa shape index (κ3) is 2.71. The Hall–Kier alpha value is -2.01. The Bertz CT molecular complexity index is 549. The lowest BCUT2D eigenvalue weighted by Gasteiger charge is -2.26. The van der Waals surface area contributed by atoms with Crippen LogP contribution < -0.4 is 14.8 Å². The number of hydrogen-bond acceptors (Lipinski definition) is 4. The summed E-state index contributed by atoms with van der Waals surface area (Å²) in [5.41, 5.74) is 0.958. The fraction of sp³-hybridized carbons (Fsp3) is 0.357. The lowest BCUT2D eigenvalue weighted by atomic mass is 10.1. The van der Waals surface area contributed by atoms with E-state index in [0.717, 1.165) is 36.9 Å². The molecule has 0 bridgehead atoms. The average Bonchev–Trinajstić information content (AvgIpc) is 2.86. The molecule has 0 unspecified atom stereocenters. The van der Waals surface area contributed by atoms with Crippen LogP contribution >= 0.6 is 0 Å². The number of rotatable bonds is 5. The van der Waals surface area contributed by atoms with Crippen molar-refractivity contribution in [3.05, 3.63) is 36.7 Å². The van der Waals surface area contributed by atoms with Gasteiger partial charge in [0, 0.05) is 25.1 Å². The van der Waals surface area contributed by atoms with Crippen molar-refractivity contribution in [2.45, 2.75) is 0 Å². The second-order valence-corrected chi connectivity index (χ2v) is 4.66. The van der Waals surface area contributed by atoms with E-state index in [2.05, 4.69) is 10.4 Å². The van der Waals surface area contributed by atoms with Crippen LogP contribution in [0.25, 0.3) is 5.69 Å². The molecule has 1 aromatic carbocycles. The molecule has 0 aliphatic carbocycles. The number of nitrogens with zero attached hydrogens (tertiary/aromatic N) is 2. The highest BCUT2D eigenvalue weighted by Gasteiger charge is 2.17. The number of hydrogen-bond donors (Lipinski definition) is 1. The summed E-state index contributed by atoms with van der Waals surface area (Å²) in [7, 11) is 1.66. The highest BCUT2D eigenvalue weighted by atomic mass is 16.5. The molecule has 19 heavy (non-hydrogen) atoms. The molecular formula is C14H17N3O2. The first-order valence-electron chi connectivity index (χ1n) is 6.38. The molecule has 1 aromatic heterocycles. The molecule has 1 N–H and O–H groups in total. The van der Waals surface area contributed by atoms with Gasteiger partial charge in [0.15, 0.2) is 5.75 Å². The molecular weight excluding hydrogens is 242 g/mol. The first-order valence-corrected chi connectivity index (χ1v) is 6.38. The van der Waals surface area contributed by atoms with E-state index >= 15 is 0 Å². The van der Waals surface area contributed by atoms with Gasteiger partial charge in [-0.15, -0.1) is 0 Å². The normalized spacial score (nSPS) is 15.0. The van der Waals surface area contributed by atoms with E-state index in [1.807, 2.05) is 30.5 Å². The molecule has 1 fully saturated rings. The Morgan fingerprint density at radius 3 is 3.00 bits per heavy atom. The molecule has 0 saturated carbocycles. The summed E-state index contributed by atoms with van der Waals surface area (Å²) in [5, 5.41) is 7.53. The van der Waals surface area contributed by atoms with Gasteiger partial charge in [-0.05, 0) is 12.1 Å². The molecule has 0 amide bonds. The molecule has 5 heteroatoms. The van der Waals surface area contributed by atoms with E-state index in [4.69, 9.17) is 9.47 Å². The Labute approximate surface area is 112 Å². The number of methoxy groups -OCH3 is 1. The fourth-order valence-electron chi connectivity index (χ4n) is 1.96. The predicted octanol–water partition coefficient (Wildman–Crippen LogP) is 1.48. The van der Waals surface area contributed by atoms with Crippen LogP contribution in [-0.2, 0) is 0 Å². The zero-order chi connectivity index (χ0) is 13.1. The fourth-order valence-corrected chi connectivity index (χ4v) is 1.96. The van der Waals surface area contributed by atoms with E-state index in [1.165, 1.54) is 0 Å². The van der Waals surface area contributed by atoms with Crippen LogP contribution in [0.3, 0.4) is 0 Å². The summed E-state index contributed by atoms with van der Waals surface area (Å²) >= 11 is 0. The number of benzene rings is 1. The monoisotopic (exact) mass is 259 g/mol. The van der Waals surface area contributed by atoms with Crippen molar-refractivity contribution in [1.29, 1.82) is 0 Å². The van der Waals surface area contributed by atoms with Crippen molar-refractivity contribution in [1.82, 2.24) is 15.1 Å². The maximum absolute atomic E-state index is 5.71. The summed E-state index contributed by atoms with van der Waals surface area (Å²) in [4.78, 5) is 0. The molecule has 0 spiro atoms. The molecule has 5 nitrogen and oxygen atoms in total. The molecule has 1 aliphatic heterocycles. The third-order valence-corrected chi connectivity index (χ3v) is 3.23. The smallest absolute Gasteiger partial charge is 0.157 e. The summed E-state index contributed by atoms with van der Waals surface area (Å²) in [6, 6.07) is 7.77. The lowest BCUT2D eigenvalue weighted by molar-refractivity contribution is 0.199. The van der Waals surface area contributed by atoms with E-state index in [1.54, 1.807) is 18.0 Å². The summed E-state index contributed by atoms with van der Waals surface area (Å²) < 4.78 is 12.7. The SMILES string of the molecule is COc1cccc(-n2cc(OCC3CNC3)cn2)c1. The maximum atomic E-state index is 5.71. The Morgan fingerprint density at radius 1 is 1.37 bits per heavy atom. The van der Waals surface area contributed by atoms with Gasteiger partial charge in [0.05, 0.1) is 31.8 Å². The minimum absolute atomic E-state index is 0.625. The van der Waals surface area contributed by atoms with Crippen molar-refractivity contribution in [2.24, 2.45) is 5.92 Å². The topological polar surface area (TPSA) is 48.3 Å². The quantitative estimate of drug-likeness (QED) is 0.883. The van der Waals surface area contributed by atoms with Crippen LogP contribution in [0.2, 0.25) is 0 Å². The van der Waals surface area contributed by atoms with Gasteiger partial charge in [0.1, 0.15) is 5.75 Å². The first-order chi connectivity index (χ1) is 9.35. The molecule has 2 heterocycles. The summed E-state index contributed by atoms with van der Waals surface area (Å²) in [5.74, 6) is 2.24. The molecule has 0 radical (unpaired) electrons. The lowest BCUT2D eigenvalue weighted by Crippen LogP contribution is -2.45. The van der Waals surface area contributed by atoms with Gasteiger partial charge >= 0.3 is 0 Å². The van der Waals surface area contributed by atoms with Crippen LogP contribution in [0, 0.1) is 5.92 Å². The van der Waals surface area contributed by atoms with Crippen molar-refractivity contribution < 1.29 is 9.47 Å². The van der Waals surface area contributed by atoms with Gasteiger partial charge in [0.25, 0.3) is 0 Å². The van der Waals surface area contributed by atoms with E-state index in [9.17, 15) is 0 Å². The van der Waals surface area contributed by atoms with E-state index < -0.39 is 0 Å². The van der Waals surface area contributed by atoms with Crippen LogP contribution in [0.1, 0.15) is 0 Å². The van der Waals surface area contributed by atoms with Crippen molar-refractivity contribution in [3.8, 4) is 17.2 Å². The number of aromatic nitrogens is 2. The average molecular weight is 259 g/mol. The van der Waals surface area contributed by atoms with Crippen LogP contribution in [0.4, 0.5) is 0 Å². The van der Waals surface area contributed by atoms with Gasteiger partial charge < -0.3 is 14.8 Å². The second kappa shape index (κ2) is 5.32. The minimum Gasteiger partial charge on any atom is -0.497 e. The standard InChI is InChI=1S/C14H17N3O2/c1-18-13-4-2-3-12(5-13)17-9-14(8-16-17)19-10-11-6-15-7-11/h2-5,8-9,11,15H,6-7,10H2,1H3. The minimum atomic E-state index is 0.625. The maximum Gasteiger partial charge on any atom is 0.157 e. The van der Waals surface area contributed by atoms with Gasteiger partial charge in [-0.25, -0.2) is 4.68 Å². The molecule has 0 atom stereocenters. The van der Waals surface area contributed by atoms with Gasteiger partial charge in [0.2, 0.25) is 0 Å². The van der Waals surface area contributed by atoms with Crippen molar-refractivity contribution in [3.63, 3.8) is 0 Å². The Morgan fingerprint density at radius 2 is 2.26 bits per heavy atom. The first kappa shape index (κ1) is 12.0. The van der Waals surface area contributed by atoms with Crippen molar-refractivity contribution in [2.75, 3.05) is 26.8 Å². The van der Waals surface area contributed by atoms with Crippen LogP contribution in [0.5, 0.6) is 11.5 Å². The van der Waals surface area contributed by atoms with Gasteiger partial charge in [-0.2, -0.15) is 5.10 Å². The number of nitrogens with one attached hydrogen (secondary N) is 1. The Balaban J connectivity index is 1.68. The van der Waals surface area contributed by atoms with Crippen molar-refractivity contribution >= 4 is 0 Å². The van der Waals surface area contributed by atoms with Crippen LogP contribution in [-0.4, -0.2) is 36.6 Å². The van der Waals surface area contributed by atoms with Crippen LogP contribution in [0.15, 0.2) is 36.7 Å². The summed E-state index contributed by atoms with van der Waals surface area (Å²) in [6.45, 7) is 2.84. The molecule has 3 rings (SSSR count). The van der Waals surface area contributed by atoms with Gasteiger partial charge in [-0.3, -0.25) is 0 Å². The largest absolute Gasteiger partial charge is 0.497 e. The second-order valence-electron chi connectivity index (χ2n) is 4.66. The van der Waals surface area contributed by atoms with E-state index in [-0.39, 0.29) is 0 Å². The Kier molecular flexibility index (Phi) is 3.37. The highest BCUT2D eigenvalue weighted by Crippen LogP contribution is 2.19. The van der Waals surface area contributed by atoms with E-state index in [0.29, 0.717) is 5.92 Å². The predicted molar refractivity (Wildman–Crippen MR) is 72.0 cm³/mol. The highest BCUT2D eigenvalue weighted by molar-refractivity contribution is 5.39. The number of ether oxygens (including phenoxy) is 2. The molecule has 1 aliphatic rings. The van der Waals surface area contributed by atoms with Gasteiger partial charge in [-0.1, -0.05) is 6.07 Å². The molecule has 100 valence electrons.